The Hall–Kier alpha value is -3.67. The first kappa shape index (κ1) is 26.5. The molecule has 5 nitrogen and oxygen atoms in total. The molecule has 2 atom stereocenters. The number of likely N-dealkylation sites (tertiary alicyclic amines) is 1. The molecule has 1 aliphatic heterocycles. The molecule has 1 saturated carbocycles. The largest absolute Gasteiger partial charge is 0.382 e. The second-order valence-corrected chi connectivity index (χ2v) is 11.7. The number of carbonyl (C=O) groups excluding carboxylic acids is 2. The van der Waals surface area contributed by atoms with E-state index in [1.54, 1.807) is 24.0 Å². The van der Waals surface area contributed by atoms with Crippen LogP contribution in [0.25, 0.3) is 0 Å². The molecule has 6 heteroatoms. The zero-order valence-corrected chi connectivity index (χ0v) is 23.2. The van der Waals surface area contributed by atoms with Crippen molar-refractivity contribution in [1.82, 2.24) is 4.90 Å². The standard InChI is InChI=1S/C34H38FN3O2/c1-22-7-4-13-30(35)31(22)34(40)38-20-6-12-29(33(39)37-28-19-14-23-8-5-9-25(23)21-28)32(38)24-15-17-27(18-16-24)36-26-10-2-3-11-26/h4,7,13-19,21,26,29,32,36H,2-3,5-6,8-12,20H2,1H3,(H,37,39)/t29?,32-/m0/s1. The fourth-order valence-electron chi connectivity index (χ4n) is 6.92. The minimum absolute atomic E-state index is 0.0895. The highest BCUT2D eigenvalue weighted by Crippen LogP contribution is 2.39. The Bertz CT molecular complexity index is 1380. The molecule has 1 heterocycles. The average molecular weight is 540 g/mol. The molecule has 0 radical (unpaired) electrons. The Kier molecular flexibility index (Phi) is 7.59. The van der Waals surface area contributed by atoms with Gasteiger partial charge in [0.25, 0.3) is 5.91 Å². The number of nitrogens with one attached hydrogen (secondary N) is 2. The van der Waals surface area contributed by atoms with E-state index in [0.717, 1.165) is 36.2 Å². The van der Waals surface area contributed by atoms with Gasteiger partial charge in [-0.05, 0) is 104 Å². The normalized spacial score (nSPS) is 20.8. The molecular formula is C34H38FN3O2. The Balaban J connectivity index is 1.31. The topological polar surface area (TPSA) is 61.4 Å². The minimum atomic E-state index is -0.524. The van der Waals surface area contributed by atoms with Crippen LogP contribution in [-0.2, 0) is 17.6 Å². The van der Waals surface area contributed by atoms with Crippen LogP contribution in [0.5, 0.6) is 0 Å². The number of carbonyl (C=O) groups is 2. The smallest absolute Gasteiger partial charge is 0.257 e. The second kappa shape index (κ2) is 11.4. The lowest BCUT2D eigenvalue weighted by molar-refractivity contribution is -0.123. The summed E-state index contributed by atoms with van der Waals surface area (Å²) >= 11 is 0. The van der Waals surface area contributed by atoms with Crippen LogP contribution < -0.4 is 10.6 Å². The van der Waals surface area contributed by atoms with Gasteiger partial charge in [0.2, 0.25) is 5.91 Å². The summed E-state index contributed by atoms with van der Waals surface area (Å²) in [4.78, 5) is 29.5. The molecule has 2 fully saturated rings. The molecule has 2 amide bonds. The Morgan fingerprint density at radius 2 is 1.60 bits per heavy atom. The Morgan fingerprint density at radius 3 is 2.38 bits per heavy atom. The number of anilines is 2. The number of fused-ring (bicyclic) bond motifs is 1. The van der Waals surface area contributed by atoms with Crippen molar-refractivity contribution in [3.63, 3.8) is 0 Å². The molecular weight excluding hydrogens is 501 g/mol. The molecule has 3 aliphatic rings. The van der Waals surface area contributed by atoms with E-state index in [1.165, 1.54) is 42.9 Å². The first-order chi connectivity index (χ1) is 19.5. The third kappa shape index (κ3) is 5.36. The lowest BCUT2D eigenvalue weighted by atomic mass is 9.83. The van der Waals surface area contributed by atoms with Gasteiger partial charge in [0.05, 0.1) is 17.5 Å². The number of aryl methyl sites for hydroxylation is 3. The summed E-state index contributed by atoms with van der Waals surface area (Å²) in [6.45, 7) is 2.23. The molecule has 2 aliphatic carbocycles. The van der Waals surface area contributed by atoms with Crippen molar-refractivity contribution in [3.8, 4) is 0 Å². The molecule has 3 aromatic rings. The highest BCUT2D eigenvalue weighted by molar-refractivity contribution is 5.98. The van der Waals surface area contributed by atoms with Crippen LogP contribution >= 0.6 is 0 Å². The van der Waals surface area contributed by atoms with Gasteiger partial charge in [-0.2, -0.15) is 0 Å². The van der Waals surface area contributed by atoms with E-state index in [1.807, 2.05) is 18.2 Å². The summed E-state index contributed by atoms with van der Waals surface area (Å²) in [5.41, 5.74) is 6.10. The van der Waals surface area contributed by atoms with Crippen LogP contribution in [0.1, 0.15) is 83.6 Å². The summed E-state index contributed by atoms with van der Waals surface area (Å²) in [7, 11) is 0. The van der Waals surface area contributed by atoms with Gasteiger partial charge in [-0.1, -0.05) is 43.2 Å². The number of nitrogens with zero attached hydrogens (tertiary/aromatic N) is 1. The summed E-state index contributed by atoms with van der Waals surface area (Å²) in [5, 5.41) is 6.78. The van der Waals surface area contributed by atoms with Crippen LogP contribution in [0.4, 0.5) is 15.8 Å². The van der Waals surface area contributed by atoms with Gasteiger partial charge in [0.1, 0.15) is 5.82 Å². The van der Waals surface area contributed by atoms with Crippen molar-refractivity contribution in [2.75, 3.05) is 17.2 Å². The first-order valence-corrected chi connectivity index (χ1v) is 14.8. The molecule has 1 saturated heterocycles. The number of piperidine rings is 1. The summed E-state index contributed by atoms with van der Waals surface area (Å²) in [6.07, 6.45) is 9.48. The summed E-state index contributed by atoms with van der Waals surface area (Å²) in [5.74, 6) is -1.43. The highest BCUT2D eigenvalue weighted by Gasteiger charge is 2.40. The number of halogens is 1. The van der Waals surface area contributed by atoms with Gasteiger partial charge >= 0.3 is 0 Å². The molecule has 6 rings (SSSR count). The lowest BCUT2D eigenvalue weighted by Gasteiger charge is -2.41. The number of hydrogen-bond acceptors (Lipinski definition) is 3. The van der Waals surface area contributed by atoms with E-state index in [0.29, 0.717) is 31.0 Å². The Morgan fingerprint density at radius 1 is 0.850 bits per heavy atom. The van der Waals surface area contributed by atoms with Crippen LogP contribution in [0.2, 0.25) is 0 Å². The predicted molar refractivity (Wildman–Crippen MR) is 157 cm³/mol. The number of rotatable bonds is 6. The molecule has 40 heavy (non-hydrogen) atoms. The third-order valence-corrected chi connectivity index (χ3v) is 9.01. The van der Waals surface area contributed by atoms with Gasteiger partial charge in [0, 0.05) is 24.0 Å². The second-order valence-electron chi connectivity index (χ2n) is 11.7. The van der Waals surface area contributed by atoms with Crippen molar-refractivity contribution < 1.29 is 14.0 Å². The van der Waals surface area contributed by atoms with Gasteiger partial charge in [-0.3, -0.25) is 9.59 Å². The predicted octanol–water partition coefficient (Wildman–Crippen LogP) is 7.21. The molecule has 208 valence electrons. The van der Waals surface area contributed by atoms with Crippen molar-refractivity contribution in [2.24, 2.45) is 5.92 Å². The molecule has 2 N–H and O–H groups in total. The first-order valence-electron chi connectivity index (χ1n) is 14.8. The van der Waals surface area contributed by atoms with E-state index >= 15 is 0 Å². The van der Waals surface area contributed by atoms with Gasteiger partial charge in [-0.15, -0.1) is 0 Å². The minimum Gasteiger partial charge on any atom is -0.382 e. The van der Waals surface area contributed by atoms with Crippen LogP contribution in [0.3, 0.4) is 0 Å². The van der Waals surface area contributed by atoms with Crippen molar-refractivity contribution in [1.29, 1.82) is 0 Å². The lowest BCUT2D eigenvalue weighted by Crippen LogP contribution is -2.46. The maximum absolute atomic E-state index is 14.9. The third-order valence-electron chi connectivity index (χ3n) is 9.01. The fraction of sp³-hybridized carbons (Fsp3) is 0.412. The van der Waals surface area contributed by atoms with Crippen LogP contribution in [0.15, 0.2) is 60.7 Å². The van der Waals surface area contributed by atoms with Crippen molar-refractivity contribution >= 4 is 23.2 Å². The quantitative estimate of drug-likeness (QED) is 0.348. The van der Waals surface area contributed by atoms with Gasteiger partial charge in [0.15, 0.2) is 0 Å². The molecule has 0 spiro atoms. The summed E-state index contributed by atoms with van der Waals surface area (Å²) < 4.78 is 14.9. The SMILES string of the molecule is Cc1cccc(F)c1C(=O)N1CCCC(C(=O)Nc2ccc3c(c2)CCC3)[C@@H]1c1ccc(NC2CCCC2)cc1. The van der Waals surface area contributed by atoms with Gasteiger partial charge in [-0.25, -0.2) is 4.39 Å². The van der Waals surface area contributed by atoms with E-state index in [-0.39, 0.29) is 17.4 Å². The van der Waals surface area contributed by atoms with E-state index in [2.05, 4.69) is 34.9 Å². The maximum atomic E-state index is 14.9. The van der Waals surface area contributed by atoms with Crippen LogP contribution in [0, 0.1) is 18.7 Å². The molecule has 0 bridgehead atoms. The van der Waals surface area contributed by atoms with E-state index in [4.69, 9.17) is 0 Å². The molecule has 3 aromatic carbocycles. The van der Waals surface area contributed by atoms with Crippen molar-refractivity contribution in [3.05, 3.63) is 94.3 Å². The highest BCUT2D eigenvalue weighted by atomic mass is 19.1. The van der Waals surface area contributed by atoms with Crippen LogP contribution in [-0.4, -0.2) is 29.3 Å². The van der Waals surface area contributed by atoms with E-state index < -0.39 is 17.8 Å². The monoisotopic (exact) mass is 539 g/mol. The van der Waals surface area contributed by atoms with Gasteiger partial charge < -0.3 is 15.5 Å². The number of amides is 2. The Labute approximate surface area is 236 Å². The fourth-order valence-corrected chi connectivity index (χ4v) is 6.92. The molecule has 1 unspecified atom stereocenters. The van der Waals surface area contributed by atoms with E-state index in [9.17, 15) is 14.0 Å². The number of hydrogen-bond donors (Lipinski definition) is 2. The summed E-state index contributed by atoms with van der Waals surface area (Å²) in [6, 6.07) is 19.1. The zero-order valence-electron chi connectivity index (χ0n) is 23.2. The average Bonchev–Trinajstić information content (AvgIpc) is 3.65. The zero-order chi connectivity index (χ0) is 27.6. The van der Waals surface area contributed by atoms with Crippen molar-refractivity contribution in [2.45, 2.75) is 76.8 Å². The maximum Gasteiger partial charge on any atom is 0.257 e. The molecule has 0 aromatic heterocycles. The number of benzene rings is 3.